The Labute approximate surface area is 101 Å². The van der Waals surface area contributed by atoms with Crippen LogP contribution in [0.2, 0.25) is 0 Å². The van der Waals surface area contributed by atoms with Crippen molar-refractivity contribution in [1.29, 1.82) is 5.26 Å². The number of nitrogens with zero attached hydrogens (tertiary/aromatic N) is 1. The predicted molar refractivity (Wildman–Crippen MR) is 64.5 cm³/mol. The van der Waals surface area contributed by atoms with Crippen molar-refractivity contribution >= 4 is 5.91 Å². The van der Waals surface area contributed by atoms with Crippen LogP contribution in [0.25, 0.3) is 0 Å². The van der Waals surface area contributed by atoms with E-state index in [9.17, 15) is 4.79 Å². The van der Waals surface area contributed by atoms with E-state index < -0.39 is 0 Å². The van der Waals surface area contributed by atoms with Crippen molar-refractivity contribution in [2.24, 2.45) is 0 Å². The highest BCUT2D eigenvalue weighted by atomic mass is 16.1. The second-order valence-electron chi connectivity index (χ2n) is 4.17. The Hall–Kier alpha value is -1.86. The van der Waals surface area contributed by atoms with Gasteiger partial charge in [-0.15, -0.1) is 0 Å². The number of carbonyl (C=O) groups excluding carboxylic acids is 1. The minimum Gasteiger partial charge on any atom is -0.351 e. The average molecular weight is 229 g/mol. The molecule has 0 radical (unpaired) electrons. The van der Waals surface area contributed by atoms with Gasteiger partial charge in [0.1, 0.15) is 0 Å². The van der Waals surface area contributed by atoms with Crippen molar-refractivity contribution in [1.82, 2.24) is 10.6 Å². The lowest BCUT2D eigenvalue weighted by Gasteiger charge is -2.05. The van der Waals surface area contributed by atoms with Crippen LogP contribution in [0.15, 0.2) is 24.3 Å². The van der Waals surface area contributed by atoms with Crippen LogP contribution in [-0.4, -0.2) is 25.0 Å². The Kier molecular flexibility index (Phi) is 3.73. The van der Waals surface area contributed by atoms with Gasteiger partial charge < -0.3 is 10.6 Å². The highest BCUT2D eigenvalue weighted by Gasteiger charge is 2.19. The van der Waals surface area contributed by atoms with Crippen LogP contribution in [0, 0.1) is 11.3 Å². The van der Waals surface area contributed by atoms with Gasteiger partial charge in [0, 0.05) is 24.7 Å². The molecule has 0 aromatic heterocycles. The van der Waals surface area contributed by atoms with Crippen LogP contribution in [-0.2, 0) is 0 Å². The first-order valence-corrected chi connectivity index (χ1v) is 5.81. The van der Waals surface area contributed by atoms with Crippen molar-refractivity contribution < 1.29 is 4.79 Å². The molecule has 4 nitrogen and oxygen atoms in total. The molecule has 0 unspecified atom stereocenters. The summed E-state index contributed by atoms with van der Waals surface area (Å²) in [5.74, 6) is -0.0907. The molecule has 0 heterocycles. The Morgan fingerprint density at radius 2 is 2.00 bits per heavy atom. The van der Waals surface area contributed by atoms with E-state index in [-0.39, 0.29) is 5.91 Å². The van der Waals surface area contributed by atoms with Crippen molar-refractivity contribution in [3.05, 3.63) is 35.4 Å². The third kappa shape index (κ3) is 3.58. The van der Waals surface area contributed by atoms with E-state index in [4.69, 9.17) is 5.26 Å². The molecule has 2 N–H and O–H groups in total. The molecular formula is C13H15N3O. The highest BCUT2D eigenvalue weighted by molar-refractivity contribution is 5.94. The van der Waals surface area contributed by atoms with Gasteiger partial charge in [0.15, 0.2) is 0 Å². The fraction of sp³-hybridized carbons (Fsp3) is 0.385. The average Bonchev–Trinajstić information content (AvgIpc) is 3.18. The molecule has 0 bridgehead atoms. The molecule has 4 heteroatoms. The first-order valence-electron chi connectivity index (χ1n) is 5.81. The molecule has 1 aliphatic carbocycles. The highest BCUT2D eigenvalue weighted by Crippen LogP contribution is 2.17. The summed E-state index contributed by atoms with van der Waals surface area (Å²) < 4.78 is 0. The third-order valence-corrected chi connectivity index (χ3v) is 2.70. The Morgan fingerprint density at radius 1 is 1.29 bits per heavy atom. The van der Waals surface area contributed by atoms with Crippen LogP contribution in [0.3, 0.4) is 0 Å². The fourth-order valence-corrected chi connectivity index (χ4v) is 1.54. The van der Waals surface area contributed by atoms with Crippen molar-refractivity contribution in [2.45, 2.75) is 18.9 Å². The van der Waals surface area contributed by atoms with Gasteiger partial charge in [-0.05, 0) is 37.1 Å². The largest absolute Gasteiger partial charge is 0.351 e. The lowest BCUT2D eigenvalue weighted by Crippen LogP contribution is -2.32. The Morgan fingerprint density at radius 3 is 2.59 bits per heavy atom. The van der Waals surface area contributed by atoms with Gasteiger partial charge in [0.2, 0.25) is 0 Å². The summed E-state index contributed by atoms with van der Waals surface area (Å²) >= 11 is 0. The monoisotopic (exact) mass is 229 g/mol. The van der Waals surface area contributed by atoms with Crippen LogP contribution in [0.1, 0.15) is 28.8 Å². The van der Waals surface area contributed by atoms with Crippen molar-refractivity contribution in [3.8, 4) is 6.07 Å². The quantitative estimate of drug-likeness (QED) is 0.741. The topological polar surface area (TPSA) is 64.9 Å². The summed E-state index contributed by atoms with van der Waals surface area (Å²) in [6, 6.07) is 9.33. The van der Waals surface area contributed by atoms with E-state index in [0.29, 0.717) is 23.7 Å². The lowest BCUT2D eigenvalue weighted by molar-refractivity contribution is 0.0954. The van der Waals surface area contributed by atoms with Gasteiger partial charge >= 0.3 is 0 Å². The summed E-state index contributed by atoms with van der Waals surface area (Å²) in [7, 11) is 0. The van der Waals surface area contributed by atoms with Gasteiger partial charge in [-0.1, -0.05) is 0 Å². The molecule has 1 saturated carbocycles. The number of hydrogen-bond acceptors (Lipinski definition) is 3. The molecule has 88 valence electrons. The molecule has 0 saturated heterocycles. The minimum absolute atomic E-state index is 0.0907. The second-order valence-corrected chi connectivity index (χ2v) is 4.17. The van der Waals surface area contributed by atoms with Gasteiger partial charge in [0.25, 0.3) is 5.91 Å². The first kappa shape index (κ1) is 11.6. The molecule has 1 aliphatic rings. The zero-order chi connectivity index (χ0) is 12.1. The van der Waals surface area contributed by atoms with Crippen molar-refractivity contribution in [2.75, 3.05) is 13.1 Å². The van der Waals surface area contributed by atoms with E-state index in [1.807, 2.05) is 6.07 Å². The number of carbonyl (C=O) groups is 1. The summed E-state index contributed by atoms with van der Waals surface area (Å²) in [6.45, 7) is 1.45. The number of nitriles is 1. The summed E-state index contributed by atoms with van der Waals surface area (Å²) in [6.07, 6.45) is 2.51. The zero-order valence-corrected chi connectivity index (χ0v) is 9.57. The van der Waals surface area contributed by atoms with Crippen LogP contribution < -0.4 is 10.6 Å². The summed E-state index contributed by atoms with van der Waals surface area (Å²) in [5, 5.41) is 14.8. The van der Waals surface area contributed by atoms with Crippen LogP contribution in [0.5, 0.6) is 0 Å². The van der Waals surface area contributed by atoms with Gasteiger partial charge in [-0.2, -0.15) is 5.26 Å². The number of amides is 1. The van der Waals surface area contributed by atoms with Crippen LogP contribution in [0.4, 0.5) is 0 Å². The molecule has 2 rings (SSSR count). The first-order chi connectivity index (χ1) is 8.29. The molecule has 1 fully saturated rings. The van der Waals surface area contributed by atoms with Gasteiger partial charge in [-0.25, -0.2) is 0 Å². The SMILES string of the molecule is N#Cc1ccc(C(=O)NCCNC2CC2)cc1. The molecule has 1 aromatic rings. The maximum absolute atomic E-state index is 11.7. The maximum atomic E-state index is 11.7. The summed E-state index contributed by atoms with van der Waals surface area (Å²) in [5.41, 5.74) is 1.16. The van der Waals surface area contributed by atoms with Gasteiger partial charge in [-0.3, -0.25) is 4.79 Å². The van der Waals surface area contributed by atoms with Gasteiger partial charge in [0.05, 0.1) is 11.6 Å². The molecule has 0 aliphatic heterocycles. The number of hydrogen-bond donors (Lipinski definition) is 2. The van der Waals surface area contributed by atoms with Crippen LogP contribution >= 0.6 is 0 Å². The van der Waals surface area contributed by atoms with Crippen molar-refractivity contribution in [3.63, 3.8) is 0 Å². The number of rotatable bonds is 5. The smallest absolute Gasteiger partial charge is 0.251 e. The normalized spacial score (nSPS) is 14.1. The zero-order valence-electron chi connectivity index (χ0n) is 9.57. The Bertz CT molecular complexity index is 429. The number of nitrogens with one attached hydrogen (secondary N) is 2. The van der Waals surface area contributed by atoms with E-state index in [1.165, 1.54) is 12.8 Å². The molecule has 0 spiro atoms. The molecular weight excluding hydrogens is 214 g/mol. The van der Waals surface area contributed by atoms with E-state index in [0.717, 1.165) is 6.54 Å². The standard InChI is InChI=1S/C13H15N3O/c14-9-10-1-3-11(4-2-10)13(17)16-8-7-15-12-5-6-12/h1-4,12,15H,5-8H2,(H,16,17). The molecule has 0 atom stereocenters. The lowest BCUT2D eigenvalue weighted by atomic mass is 10.1. The van der Waals surface area contributed by atoms with E-state index >= 15 is 0 Å². The molecule has 17 heavy (non-hydrogen) atoms. The molecule has 1 aromatic carbocycles. The number of benzene rings is 1. The summed E-state index contributed by atoms with van der Waals surface area (Å²) in [4.78, 5) is 11.7. The third-order valence-electron chi connectivity index (χ3n) is 2.70. The molecule has 1 amide bonds. The maximum Gasteiger partial charge on any atom is 0.251 e. The fourth-order valence-electron chi connectivity index (χ4n) is 1.54. The van der Waals surface area contributed by atoms with E-state index in [1.54, 1.807) is 24.3 Å². The second kappa shape index (κ2) is 5.46. The minimum atomic E-state index is -0.0907. The Balaban J connectivity index is 1.75. The van der Waals surface area contributed by atoms with E-state index in [2.05, 4.69) is 10.6 Å². The predicted octanol–water partition coefficient (Wildman–Crippen LogP) is 1.04.